The van der Waals surface area contributed by atoms with Gasteiger partial charge in [0, 0.05) is 0 Å². The van der Waals surface area contributed by atoms with E-state index in [4.69, 9.17) is 14.2 Å². The SMILES string of the molecule is CCON(OCC)c1cccc(S(=O)(=O)O)c1. The third-order valence-corrected chi connectivity index (χ3v) is 2.67. The van der Waals surface area contributed by atoms with Crippen LogP contribution in [-0.2, 0) is 19.8 Å². The van der Waals surface area contributed by atoms with Crippen LogP contribution in [0.2, 0.25) is 0 Å². The van der Waals surface area contributed by atoms with Crippen LogP contribution < -0.4 is 5.23 Å². The Bertz CT molecular complexity index is 454. The summed E-state index contributed by atoms with van der Waals surface area (Å²) in [5.74, 6) is 0. The lowest BCUT2D eigenvalue weighted by atomic mass is 10.3. The van der Waals surface area contributed by atoms with Gasteiger partial charge in [0.15, 0.2) is 0 Å². The van der Waals surface area contributed by atoms with Gasteiger partial charge in [0.25, 0.3) is 10.1 Å². The van der Waals surface area contributed by atoms with Gasteiger partial charge >= 0.3 is 0 Å². The number of hydrogen-bond donors (Lipinski definition) is 1. The zero-order valence-electron chi connectivity index (χ0n) is 9.66. The molecule has 17 heavy (non-hydrogen) atoms. The lowest BCUT2D eigenvalue weighted by Gasteiger charge is -2.21. The highest BCUT2D eigenvalue weighted by Crippen LogP contribution is 2.19. The van der Waals surface area contributed by atoms with E-state index >= 15 is 0 Å². The molecule has 0 heterocycles. The van der Waals surface area contributed by atoms with Crippen molar-refractivity contribution < 1.29 is 22.6 Å². The van der Waals surface area contributed by atoms with Crippen LogP contribution in [0, 0.1) is 0 Å². The lowest BCUT2D eigenvalue weighted by Crippen LogP contribution is -2.24. The Morgan fingerprint density at radius 3 is 2.29 bits per heavy atom. The summed E-state index contributed by atoms with van der Waals surface area (Å²) in [5.41, 5.74) is 0.392. The molecule has 0 aliphatic rings. The molecule has 0 bridgehead atoms. The van der Waals surface area contributed by atoms with Crippen molar-refractivity contribution in [1.82, 2.24) is 0 Å². The van der Waals surface area contributed by atoms with Gasteiger partial charge in [0.2, 0.25) is 0 Å². The van der Waals surface area contributed by atoms with Crippen LogP contribution in [0.1, 0.15) is 13.8 Å². The predicted molar refractivity (Wildman–Crippen MR) is 62.0 cm³/mol. The molecular weight excluding hydrogens is 246 g/mol. The molecule has 1 aromatic carbocycles. The van der Waals surface area contributed by atoms with Gasteiger partial charge in [-0.3, -0.25) is 4.55 Å². The second-order valence-electron chi connectivity index (χ2n) is 3.07. The first-order chi connectivity index (χ1) is 7.99. The largest absolute Gasteiger partial charge is 0.294 e. The van der Waals surface area contributed by atoms with E-state index in [-0.39, 0.29) is 4.90 Å². The van der Waals surface area contributed by atoms with Crippen molar-refractivity contribution in [3.63, 3.8) is 0 Å². The zero-order chi connectivity index (χ0) is 12.9. The Labute approximate surface area is 100 Å². The molecule has 0 spiro atoms. The summed E-state index contributed by atoms with van der Waals surface area (Å²) in [7, 11) is -4.23. The quantitative estimate of drug-likeness (QED) is 0.619. The topological polar surface area (TPSA) is 76.1 Å². The van der Waals surface area contributed by atoms with Gasteiger partial charge in [-0.2, -0.15) is 8.42 Å². The van der Waals surface area contributed by atoms with E-state index in [1.54, 1.807) is 19.9 Å². The van der Waals surface area contributed by atoms with Crippen molar-refractivity contribution in [3.8, 4) is 0 Å². The van der Waals surface area contributed by atoms with Crippen LogP contribution in [0.25, 0.3) is 0 Å². The Hall–Kier alpha value is -1.15. The zero-order valence-corrected chi connectivity index (χ0v) is 10.5. The summed E-state index contributed by atoms with van der Waals surface area (Å²) in [6, 6.07) is 5.65. The molecule has 1 N–H and O–H groups in total. The molecule has 0 fully saturated rings. The van der Waals surface area contributed by atoms with Crippen molar-refractivity contribution >= 4 is 15.8 Å². The Balaban J connectivity index is 3.04. The van der Waals surface area contributed by atoms with Crippen molar-refractivity contribution in [2.24, 2.45) is 0 Å². The molecule has 0 saturated heterocycles. The fraction of sp³-hybridized carbons (Fsp3) is 0.400. The Morgan fingerprint density at radius 2 is 1.82 bits per heavy atom. The molecule has 0 aliphatic carbocycles. The smallest absolute Gasteiger partial charge is 0.282 e. The molecule has 0 unspecified atom stereocenters. The highest BCUT2D eigenvalue weighted by molar-refractivity contribution is 7.85. The van der Waals surface area contributed by atoms with Crippen LogP contribution in [0.5, 0.6) is 0 Å². The number of benzene rings is 1. The van der Waals surface area contributed by atoms with Gasteiger partial charge in [-0.1, -0.05) is 6.07 Å². The van der Waals surface area contributed by atoms with Gasteiger partial charge in [-0.05, 0) is 32.0 Å². The van der Waals surface area contributed by atoms with Crippen LogP contribution >= 0.6 is 0 Å². The van der Waals surface area contributed by atoms with Crippen LogP contribution in [0.15, 0.2) is 29.2 Å². The average Bonchev–Trinajstić information content (AvgIpc) is 2.28. The summed E-state index contributed by atoms with van der Waals surface area (Å²) in [4.78, 5) is 10.1. The maximum absolute atomic E-state index is 11.0. The summed E-state index contributed by atoms with van der Waals surface area (Å²) >= 11 is 0. The molecule has 0 radical (unpaired) electrons. The van der Waals surface area contributed by atoms with Crippen LogP contribution in [0.4, 0.5) is 5.69 Å². The van der Waals surface area contributed by atoms with E-state index < -0.39 is 10.1 Å². The summed E-state index contributed by atoms with van der Waals surface area (Å²) in [6.07, 6.45) is 0. The molecule has 96 valence electrons. The number of nitrogens with zero attached hydrogens (tertiary/aromatic N) is 1. The van der Waals surface area contributed by atoms with E-state index in [1.807, 2.05) is 0 Å². The van der Waals surface area contributed by atoms with Gasteiger partial charge in [0.05, 0.1) is 23.8 Å². The first kappa shape index (κ1) is 13.9. The predicted octanol–water partition coefficient (Wildman–Crippen LogP) is 1.64. The van der Waals surface area contributed by atoms with Crippen molar-refractivity contribution in [2.45, 2.75) is 18.7 Å². The summed E-state index contributed by atoms with van der Waals surface area (Å²) in [5, 5.41) is 1.12. The van der Waals surface area contributed by atoms with Gasteiger partial charge in [-0.15, -0.1) is 5.23 Å². The molecule has 1 aromatic rings. The number of rotatable bonds is 6. The minimum atomic E-state index is -4.23. The first-order valence-electron chi connectivity index (χ1n) is 5.12. The summed E-state index contributed by atoms with van der Waals surface area (Å²) < 4.78 is 30.9. The minimum Gasteiger partial charge on any atom is -0.282 e. The lowest BCUT2D eigenvalue weighted by molar-refractivity contribution is -0.0817. The van der Waals surface area contributed by atoms with E-state index in [2.05, 4.69) is 0 Å². The molecule has 0 aliphatic heterocycles. The maximum Gasteiger partial charge on any atom is 0.294 e. The molecule has 6 nitrogen and oxygen atoms in total. The molecule has 0 aromatic heterocycles. The monoisotopic (exact) mass is 261 g/mol. The second-order valence-corrected chi connectivity index (χ2v) is 4.49. The molecular formula is C10H15NO5S. The Kier molecular flexibility index (Phi) is 4.88. The highest BCUT2D eigenvalue weighted by atomic mass is 32.2. The van der Waals surface area contributed by atoms with E-state index in [0.717, 1.165) is 5.23 Å². The first-order valence-corrected chi connectivity index (χ1v) is 6.56. The molecule has 0 saturated carbocycles. The number of anilines is 1. The summed E-state index contributed by atoms with van der Waals surface area (Å²) in [6.45, 7) is 4.30. The van der Waals surface area contributed by atoms with E-state index in [9.17, 15) is 8.42 Å². The molecule has 0 atom stereocenters. The normalized spacial score (nSPS) is 11.5. The fourth-order valence-corrected chi connectivity index (χ4v) is 1.70. The van der Waals surface area contributed by atoms with E-state index in [0.29, 0.717) is 18.9 Å². The maximum atomic E-state index is 11.0. The molecule has 7 heteroatoms. The standard InChI is InChI=1S/C10H15NO5S/c1-3-15-11(16-4-2)9-6-5-7-10(8-9)17(12,13)14/h5-8H,3-4H2,1-2H3,(H,12,13,14). The van der Waals surface area contributed by atoms with E-state index in [1.165, 1.54) is 18.2 Å². The minimum absolute atomic E-state index is 0.209. The average molecular weight is 261 g/mol. The van der Waals surface area contributed by atoms with Gasteiger partial charge < -0.3 is 0 Å². The number of hydrogen-bond acceptors (Lipinski definition) is 5. The third kappa shape index (κ3) is 3.97. The second kappa shape index (κ2) is 5.97. The molecule has 1 rings (SSSR count). The third-order valence-electron chi connectivity index (χ3n) is 1.82. The van der Waals surface area contributed by atoms with Crippen molar-refractivity contribution in [1.29, 1.82) is 0 Å². The van der Waals surface area contributed by atoms with Crippen LogP contribution in [-0.4, -0.2) is 26.2 Å². The van der Waals surface area contributed by atoms with Gasteiger partial charge in [-0.25, -0.2) is 9.68 Å². The van der Waals surface area contributed by atoms with Crippen molar-refractivity contribution in [2.75, 3.05) is 18.4 Å². The van der Waals surface area contributed by atoms with Gasteiger partial charge in [0.1, 0.15) is 0 Å². The van der Waals surface area contributed by atoms with Crippen molar-refractivity contribution in [3.05, 3.63) is 24.3 Å². The Morgan fingerprint density at radius 1 is 1.24 bits per heavy atom. The highest BCUT2D eigenvalue weighted by Gasteiger charge is 2.13. The van der Waals surface area contributed by atoms with Crippen LogP contribution in [0.3, 0.4) is 0 Å². The fourth-order valence-electron chi connectivity index (χ4n) is 1.18. The molecule has 0 amide bonds.